The van der Waals surface area contributed by atoms with Crippen molar-refractivity contribution in [2.75, 3.05) is 19.7 Å². The van der Waals surface area contributed by atoms with Crippen LogP contribution < -0.4 is 5.32 Å². The van der Waals surface area contributed by atoms with Gasteiger partial charge in [-0.2, -0.15) is 13.2 Å². The van der Waals surface area contributed by atoms with Crippen molar-refractivity contribution in [3.63, 3.8) is 0 Å². The number of piperazine rings is 1. The molecule has 2 heterocycles. The number of hydrogen-bond acceptors (Lipinski definition) is 4. The lowest BCUT2D eigenvalue weighted by molar-refractivity contribution is -0.137. The second-order valence-electron chi connectivity index (χ2n) is 6.77. The average Bonchev–Trinajstić information content (AvgIpc) is 2.63. The van der Waals surface area contributed by atoms with Crippen molar-refractivity contribution in [2.24, 2.45) is 0 Å². The number of benzene rings is 1. The molecule has 146 valence electrons. The van der Waals surface area contributed by atoms with E-state index in [-0.39, 0.29) is 18.7 Å². The fourth-order valence-corrected chi connectivity index (χ4v) is 3.38. The quantitative estimate of drug-likeness (QED) is 0.797. The van der Waals surface area contributed by atoms with Gasteiger partial charge in [-0.15, -0.1) is 0 Å². The first-order valence-electron chi connectivity index (χ1n) is 8.68. The minimum absolute atomic E-state index is 0.113. The minimum atomic E-state index is -4.46. The summed E-state index contributed by atoms with van der Waals surface area (Å²) >= 11 is 0. The van der Waals surface area contributed by atoms with E-state index >= 15 is 0 Å². The summed E-state index contributed by atoms with van der Waals surface area (Å²) in [5, 5.41) is 13.1. The Morgan fingerprint density at radius 2 is 1.93 bits per heavy atom. The summed E-state index contributed by atoms with van der Waals surface area (Å²) in [6.07, 6.45) is -3.65. The summed E-state index contributed by atoms with van der Waals surface area (Å²) in [7, 11) is 0. The molecule has 2 N–H and O–H groups in total. The van der Waals surface area contributed by atoms with Crippen LogP contribution in [0.2, 0.25) is 0 Å². The van der Waals surface area contributed by atoms with E-state index in [0.29, 0.717) is 24.3 Å². The summed E-state index contributed by atoms with van der Waals surface area (Å²) in [5.74, 6) is -0.398. The Morgan fingerprint density at radius 3 is 2.48 bits per heavy atom. The molecule has 1 aromatic heterocycles. The van der Waals surface area contributed by atoms with E-state index in [1.807, 2.05) is 11.8 Å². The number of aromatic nitrogens is 1. The van der Waals surface area contributed by atoms with Crippen molar-refractivity contribution in [3.8, 4) is 0 Å². The van der Waals surface area contributed by atoms with Gasteiger partial charge in [0.2, 0.25) is 0 Å². The van der Waals surface area contributed by atoms with Gasteiger partial charge in [0.15, 0.2) is 0 Å². The molecular weight excluding hydrogens is 362 g/mol. The van der Waals surface area contributed by atoms with Crippen LogP contribution in [-0.4, -0.2) is 46.8 Å². The number of alkyl halides is 3. The number of pyridine rings is 1. The molecule has 0 spiro atoms. The molecule has 0 radical (unpaired) electrons. The number of nitrogens with one attached hydrogen (secondary N) is 1. The fraction of sp³-hybridized carbons (Fsp3) is 0.421. The summed E-state index contributed by atoms with van der Waals surface area (Å²) in [6, 6.07) is 7.56. The standard InChI is InChI=1S/C19H21F4N3O/c1-12-10-26(16(11-27)9-24-12)18(13-2-5-15(20)6-3-13)17-7-4-14(8-25-17)19(21,22)23/h2-8,12,16,18,24,27H,9-11H2,1H3/t12?,16-,18?/m0/s1. The molecule has 3 rings (SSSR count). The van der Waals surface area contributed by atoms with Gasteiger partial charge in [0.1, 0.15) is 5.82 Å². The number of nitrogens with zero attached hydrogens (tertiary/aromatic N) is 2. The van der Waals surface area contributed by atoms with Crippen molar-refractivity contribution >= 4 is 0 Å². The van der Waals surface area contributed by atoms with Gasteiger partial charge < -0.3 is 10.4 Å². The Bertz CT molecular complexity index is 749. The number of hydrogen-bond donors (Lipinski definition) is 2. The van der Waals surface area contributed by atoms with E-state index in [2.05, 4.69) is 10.3 Å². The maximum absolute atomic E-state index is 13.4. The molecule has 8 heteroatoms. The van der Waals surface area contributed by atoms with E-state index in [1.54, 1.807) is 12.1 Å². The lowest BCUT2D eigenvalue weighted by atomic mass is 9.96. The predicted molar refractivity (Wildman–Crippen MR) is 92.5 cm³/mol. The van der Waals surface area contributed by atoms with Crippen LogP contribution >= 0.6 is 0 Å². The SMILES string of the molecule is CC1CN(C(c2ccc(F)cc2)c2ccc(C(F)(F)F)cn2)[C@H](CO)CN1. The zero-order chi connectivity index (χ0) is 19.6. The molecule has 1 saturated heterocycles. The Balaban J connectivity index is 2.03. The Labute approximate surface area is 154 Å². The number of aliphatic hydroxyl groups is 1. The van der Waals surface area contributed by atoms with E-state index < -0.39 is 23.6 Å². The van der Waals surface area contributed by atoms with E-state index in [0.717, 1.165) is 12.3 Å². The van der Waals surface area contributed by atoms with Crippen LogP contribution in [0.3, 0.4) is 0 Å². The van der Waals surface area contributed by atoms with Crippen LogP contribution in [0.15, 0.2) is 42.6 Å². The van der Waals surface area contributed by atoms with Crippen LogP contribution in [0.5, 0.6) is 0 Å². The van der Waals surface area contributed by atoms with Gasteiger partial charge in [-0.25, -0.2) is 4.39 Å². The van der Waals surface area contributed by atoms with E-state index in [9.17, 15) is 22.7 Å². The highest BCUT2D eigenvalue weighted by atomic mass is 19.4. The Hall–Kier alpha value is -2.03. The summed E-state index contributed by atoms with van der Waals surface area (Å²) in [4.78, 5) is 6.06. The highest BCUT2D eigenvalue weighted by Gasteiger charge is 2.35. The Kier molecular flexibility index (Phi) is 5.78. The summed E-state index contributed by atoms with van der Waals surface area (Å²) < 4.78 is 52.0. The molecule has 0 bridgehead atoms. The van der Waals surface area contributed by atoms with Gasteiger partial charge in [0, 0.05) is 31.4 Å². The third-order valence-electron chi connectivity index (χ3n) is 4.78. The molecule has 1 aromatic carbocycles. The monoisotopic (exact) mass is 383 g/mol. The molecule has 0 saturated carbocycles. The van der Waals surface area contributed by atoms with Crippen LogP contribution in [0.25, 0.3) is 0 Å². The maximum atomic E-state index is 13.4. The molecule has 3 atom stereocenters. The highest BCUT2D eigenvalue weighted by Crippen LogP contribution is 2.33. The van der Waals surface area contributed by atoms with Gasteiger partial charge >= 0.3 is 6.18 Å². The number of aliphatic hydroxyl groups excluding tert-OH is 1. The van der Waals surface area contributed by atoms with Crippen molar-refractivity contribution in [1.29, 1.82) is 0 Å². The van der Waals surface area contributed by atoms with Crippen molar-refractivity contribution < 1.29 is 22.7 Å². The molecule has 4 nitrogen and oxygen atoms in total. The number of rotatable bonds is 4. The smallest absolute Gasteiger partial charge is 0.395 e. The lowest BCUT2D eigenvalue weighted by Gasteiger charge is -2.43. The van der Waals surface area contributed by atoms with Crippen LogP contribution in [-0.2, 0) is 6.18 Å². The molecule has 2 aromatic rings. The average molecular weight is 383 g/mol. The largest absolute Gasteiger partial charge is 0.417 e. The van der Waals surface area contributed by atoms with Crippen molar-refractivity contribution in [2.45, 2.75) is 31.2 Å². The predicted octanol–water partition coefficient (Wildman–Crippen LogP) is 2.98. The van der Waals surface area contributed by atoms with Gasteiger partial charge in [-0.05, 0) is 36.8 Å². The van der Waals surface area contributed by atoms with Crippen molar-refractivity contribution in [3.05, 3.63) is 65.2 Å². The fourth-order valence-electron chi connectivity index (χ4n) is 3.38. The molecule has 1 fully saturated rings. The first-order valence-corrected chi connectivity index (χ1v) is 8.68. The van der Waals surface area contributed by atoms with Crippen molar-refractivity contribution in [1.82, 2.24) is 15.2 Å². The molecular formula is C19H21F4N3O. The first kappa shape index (κ1) is 19.7. The molecule has 0 aliphatic carbocycles. The molecule has 27 heavy (non-hydrogen) atoms. The van der Waals surface area contributed by atoms with Gasteiger partial charge in [0.25, 0.3) is 0 Å². The third-order valence-corrected chi connectivity index (χ3v) is 4.78. The Morgan fingerprint density at radius 1 is 1.22 bits per heavy atom. The number of halogens is 4. The highest BCUT2D eigenvalue weighted by molar-refractivity contribution is 5.30. The summed E-state index contributed by atoms with van der Waals surface area (Å²) in [5.41, 5.74) is 0.301. The summed E-state index contributed by atoms with van der Waals surface area (Å²) in [6.45, 7) is 2.98. The molecule has 1 aliphatic heterocycles. The normalized spacial score (nSPS) is 22.6. The molecule has 2 unspecified atom stereocenters. The van der Waals surface area contributed by atoms with Crippen LogP contribution in [0, 0.1) is 5.82 Å². The van der Waals surface area contributed by atoms with Crippen LogP contribution in [0.4, 0.5) is 17.6 Å². The molecule has 0 amide bonds. The van der Waals surface area contributed by atoms with E-state index in [1.165, 1.54) is 18.2 Å². The van der Waals surface area contributed by atoms with E-state index in [4.69, 9.17) is 0 Å². The third kappa shape index (κ3) is 4.45. The molecule has 1 aliphatic rings. The first-order chi connectivity index (χ1) is 12.8. The van der Waals surface area contributed by atoms with Gasteiger partial charge in [-0.3, -0.25) is 9.88 Å². The van der Waals surface area contributed by atoms with Gasteiger partial charge in [0.05, 0.1) is 23.9 Å². The zero-order valence-corrected chi connectivity index (χ0v) is 14.7. The minimum Gasteiger partial charge on any atom is -0.395 e. The second-order valence-corrected chi connectivity index (χ2v) is 6.77. The van der Waals surface area contributed by atoms with Gasteiger partial charge in [-0.1, -0.05) is 12.1 Å². The zero-order valence-electron chi connectivity index (χ0n) is 14.7. The second kappa shape index (κ2) is 7.92. The topological polar surface area (TPSA) is 48.4 Å². The van der Waals surface area contributed by atoms with Crippen LogP contribution in [0.1, 0.15) is 29.8 Å². The lowest BCUT2D eigenvalue weighted by Crippen LogP contribution is -2.57. The maximum Gasteiger partial charge on any atom is 0.417 e.